The van der Waals surface area contributed by atoms with Gasteiger partial charge in [0.05, 0.1) is 17.6 Å². The summed E-state index contributed by atoms with van der Waals surface area (Å²) in [5, 5.41) is 6.93. The number of nitrogens with zero attached hydrogens (tertiary/aromatic N) is 1. The van der Waals surface area contributed by atoms with Gasteiger partial charge in [0.2, 0.25) is 10.0 Å². The van der Waals surface area contributed by atoms with Crippen LogP contribution in [-0.4, -0.2) is 50.3 Å². The maximum absolute atomic E-state index is 13.2. The van der Waals surface area contributed by atoms with Gasteiger partial charge in [-0.25, -0.2) is 13.2 Å². The number of carbonyl (C=O) groups excluding carboxylic acids is 2. The van der Waals surface area contributed by atoms with Crippen LogP contribution in [0.25, 0.3) is 0 Å². The maximum Gasteiger partial charge on any atom is 0.341 e. The number of fused-ring (bicyclic) bond motifs is 1. The highest BCUT2D eigenvalue weighted by Crippen LogP contribution is 2.45. The van der Waals surface area contributed by atoms with Gasteiger partial charge in [-0.05, 0) is 82.2 Å². The molecule has 1 amide bonds. The first-order valence-electron chi connectivity index (χ1n) is 12.6. The van der Waals surface area contributed by atoms with Crippen molar-refractivity contribution in [2.75, 3.05) is 25.5 Å². The van der Waals surface area contributed by atoms with Gasteiger partial charge >= 0.3 is 5.97 Å². The maximum atomic E-state index is 13.2. The second-order valence-corrected chi connectivity index (χ2v) is 14.6. The topological polar surface area (TPSA) is 105 Å². The lowest BCUT2D eigenvalue weighted by Crippen LogP contribution is -2.55. The fourth-order valence-electron chi connectivity index (χ4n) is 5.84. The third-order valence-corrected chi connectivity index (χ3v) is 10.4. The van der Waals surface area contributed by atoms with Crippen molar-refractivity contribution in [2.45, 2.75) is 70.4 Å². The molecule has 0 aliphatic carbocycles. The first kappa shape index (κ1) is 27.8. The van der Waals surface area contributed by atoms with Crippen molar-refractivity contribution < 1.29 is 22.7 Å². The number of anilines is 1. The zero-order chi connectivity index (χ0) is 27.3. The Morgan fingerprint density at radius 3 is 2.24 bits per heavy atom. The van der Waals surface area contributed by atoms with Gasteiger partial charge < -0.3 is 15.4 Å². The van der Waals surface area contributed by atoms with Crippen LogP contribution in [0.2, 0.25) is 0 Å². The number of amides is 1. The minimum atomic E-state index is -3.64. The molecule has 0 unspecified atom stereocenters. The molecule has 202 valence electrons. The summed E-state index contributed by atoms with van der Waals surface area (Å²) in [5.41, 5.74) is 0.928. The number of sulfonamides is 1. The van der Waals surface area contributed by atoms with Gasteiger partial charge in [0, 0.05) is 34.6 Å². The van der Waals surface area contributed by atoms with Crippen molar-refractivity contribution >= 4 is 38.2 Å². The molecule has 1 saturated heterocycles. The van der Waals surface area contributed by atoms with Crippen LogP contribution < -0.4 is 10.6 Å². The summed E-state index contributed by atoms with van der Waals surface area (Å²) in [6, 6.07) is 5.98. The number of hydrogen-bond donors (Lipinski definition) is 2. The third-order valence-electron chi connectivity index (χ3n) is 7.05. The summed E-state index contributed by atoms with van der Waals surface area (Å²) in [5.74, 6) is -0.310. The Morgan fingerprint density at radius 2 is 1.68 bits per heavy atom. The van der Waals surface area contributed by atoms with Gasteiger partial charge in [-0.2, -0.15) is 4.31 Å². The molecule has 1 aromatic heterocycles. The molecule has 2 atom stereocenters. The van der Waals surface area contributed by atoms with Crippen LogP contribution in [0, 0.1) is 11.8 Å². The standard InChI is InChI=1S/C27H37N3O5S2/c1-16-12-17(2)15-30(14-16)37(33,34)19-10-8-18(9-11-19)23(31)28-24-21(25(32)35-7)20-13-26(3,4)29-27(5,6)22(20)36-24/h8-11,16-17,29H,12-15H2,1-7H3,(H,28,31)/t16-,17+. The van der Waals surface area contributed by atoms with Gasteiger partial charge in [-0.1, -0.05) is 13.8 Å². The highest BCUT2D eigenvalue weighted by Gasteiger charge is 2.42. The number of methoxy groups -OCH3 is 1. The van der Waals surface area contributed by atoms with Crippen molar-refractivity contribution in [2.24, 2.45) is 11.8 Å². The van der Waals surface area contributed by atoms with E-state index in [-0.39, 0.29) is 10.4 Å². The molecule has 10 heteroatoms. The smallest absolute Gasteiger partial charge is 0.341 e. The van der Waals surface area contributed by atoms with E-state index in [0.29, 0.717) is 47.5 Å². The number of hydrogen-bond acceptors (Lipinski definition) is 7. The zero-order valence-electron chi connectivity index (χ0n) is 22.6. The normalized spacial score (nSPS) is 23.2. The van der Waals surface area contributed by atoms with E-state index < -0.39 is 27.4 Å². The molecule has 4 rings (SSSR count). The number of rotatable bonds is 5. The third kappa shape index (κ3) is 5.48. The van der Waals surface area contributed by atoms with Crippen LogP contribution in [0.4, 0.5) is 5.00 Å². The number of ether oxygens (including phenoxy) is 1. The van der Waals surface area contributed by atoms with E-state index in [2.05, 4.69) is 52.2 Å². The summed E-state index contributed by atoms with van der Waals surface area (Å²) >= 11 is 1.37. The summed E-state index contributed by atoms with van der Waals surface area (Å²) in [7, 11) is -2.31. The number of piperidine rings is 1. The minimum absolute atomic E-state index is 0.169. The van der Waals surface area contributed by atoms with Crippen LogP contribution in [0.3, 0.4) is 0 Å². The number of nitrogens with one attached hydrogen (secondary N) is 2. The summed E-state index contributed by atoms with van der Waals surface area (Å²) in [6.07, 6.45) is 1.62. The van der Waals surface area contributed by atoms with Crippen molar-refractivity contribution in [3.8, 4) is 0 Å². The van der Waals surface area contributed by atoms with Gasteiger partial charge in [-0.3, -0.25) is 4.79 Å². The Labute approximate surface area is 223 Å². The van der Waals surface area contributed by atoms with Crippen LogP contribution in [0.15, 0.2) is 29.2 Å². The fourth-order valence-corrected chi connectivity index (χ4v) is 8.78. The van der Waals surface area contributed by atoms with E-state index in [9.17, 15) is 18.0 Å². The molecule has 1 aromatic carbocycles. The molecule has 2 aromatic rings. The second-order valence-electron chi connectivity index (χ2n) is 11.7. The van der Waals surface area contributed by atoms with E-state index in [4.69, 9.17) is 4.74 Å². The quantitative estimate of drug-likeness (QED) is 0.530. The van der Waals surface area contributed by atoms with Crippen LogP contribution in [0.1, 0.15) is 79.1 Å². The van der Waals surface area contributed by atoms with Gasteiger partial charge in [-0.15, -0.1) is 11.3 Å². The molecule has 8 nitrogen and oxygen atoms in total. The Balaban J connectivity index is 1.61. The Morgan fingerprint density at radius 1 is 1.08 bits per heavy atom. The molecule has 2 N–H and O–H groups in total. The molecule has 0 saturated carbocycles. The largest absolute Gasteiger partial charge is 0.465 e. The Bertz CT molecular complexity index is 1300. The second kappa shape index (κ2) is 9.80. The summed E-state index contributed by atoms with van der Waals surface area (Å²) < 4.78 is 33.0. The highest BCUT2D eigenvalue weighted by atomic mass is 32.2. The molecule has 0 spiro atoms. The summed E-state index contributed by atoms with van der Waals surface area (Å²) in [4.78, 5) is 27.1. The average Bonchev–Trinajstić information content (AvgIpc) is 3.15. The van der Waals surface area contributed by atoms with Crippen molar-refractivity contribution in [3.63, 3.8) is 0 Å². The first-order valence-corrected chi connectivity index (χ1v) is 14.9. The van der Waals surface area contributed by atoms with Gasteiger partial charge in [0.1, 0.15) is 5.00 Å². The monoisotopic (exact) mass is 547 g/mol. The predicted octanol–water partition coefficient (Wildman–Crippen LogP) is 4.61. The lowest BCUT2D eigenvalue weighted by molar-refractivity contribution is 0.0600. The molecular formula is C27H37N3O5S2. The molecule has 3 heterocycles. The number of benzene rings is 1. The van der Waals surface area contributed by atoms with E-state index in [1.165, 1.54) is 47.0 Å². The van der Waals surface area contributed by atoms with E-state index in [1.54, 1.807) is 0 Å². The van der Waals surface area contributed by atoms with Crippen molar-refractivity contribution in [3.05, 3.63) is 45.8 Å². The Hall–Kier alpha value is -2.27. The van der Waals surface area contributed by atoms with Gasteiger partial charge in [0.25, 0.3) is 5.91 Å². The SMILES string of the molecule is COC(=O)c1c(NC(=O)c2ccc(S(=O)(=O)N3C[C@H](C)C[C@H](C)C3)cc2)sc2c1CC(C)(C)NC2(C)C. The van der Waals surface area contributed by atoms with Crippen LogP contribution >= 0.6 is 11.3 Å². The van der Waals surface area contributed by atoms with Crippen molar-refractivity contribution in [1.82, 2.24) is 9.62 Å². The molecule has 2 aliphatic heterocycles. The zero-order valence-corrected chi connectivity index (χ0v) is 24.2. The van der Waals surface area contributed by atoms with E-state index >= 15 is 0 Å². The number of thiophene rings is 1. The molecule has 2 aliphatic rings. The van der Waals surface area contributed by atoms with Crippen LogP contribution in [-0.2, 0) is 26.7 Å². The lowest BCUT2D eigenvalue weighted by atomic mass is 9.81. The molecule has 0 radical (unpaired) electrons. The van der Waals surface area contributed by atoms with Gasteiger partial charge in [0.15, 0.2) is 0 Å². The fraction of sp³-hybridized carbons (Fsp3) is 0.556. The van der Waals surface area contributed by atoms with E-state index in [0.717, 1.165) is 16.9 Å². The lowest BCUT2D eigenvalue weighted by Gasteiger charge is -2.42. The molecular weight excluding hydrogens is 510 g/mol. The van der Waals surface area contributed by atoms with E-state index in [1.807, 2.05) is 0 Å². The van der Waals surface area contributed by atoms with Crippen molar-refractivity contribution in [1.29, 1.82) is 0 Å². The Kier molecular flexibility index (Phi) is 7.35. The average molecular weight is 548 g/mol. The molecule has 1 fully saturated rings. The minimum Gasteiger partial charge on any atom is -0.465 e. The first-order chi connectivity index (χ1) is 17.1. The molecule has 37 heavy (non-hydrogen) atoms. The summed E-state index contributed by atoms with van der Waals surface area (Å²) in [6.45, 7) is 13.4. The number of esters is 1. The van der Waals surface area contributed by atoms with Crippen LogP contribution in [0.5, 0.6) is 0 Å². The molecule has 0 bridgehead atoms. The number of carbonyl (C=O) groups is 2. The predicted molar refractivity (Wildman–Crippen MR) is 146 cm³/mol. The highest BCUT2D eigenvalue weighted by molar-refractivity contribution is 7.89.